The molecule has 0 amide bonds. The lowest BCUT2D eigenvalue weighted by atomic mass is 10.3. The van der Waals surface area contributed by atoms with Crippen LogP contribution in [0.15, 0.2) is 50.9 Å². The number of hydrogen-bond donors (Lipinski definition) is 0. The van der Waals surface area contributed by atoms with Gasteiger partial charge < -0.3 is 4.74 Å². The molecule has 0 aliphatic heterocycles. The molecule has 0 spiro atoms. The fourth-order valence-corrected chi connectivity index (χ4v) is 2.75. The van der Waals surface area contributed by atoms with Crippen LogP contribution in [0.4, 0.5) is 0 Å². The highest BCUT2D eigenvalue weighted by molar-refractivity contribution is 9.10. The predicted octanol–water partition coefficient (Wildman–Crippen LogP) is 4.31. The first-order chi connectivity index (χ1) is 8.20. The summed E-state index contributed by atoms with van der Waals surface area (Å²) in [5.74, 6) is 0.860. The summed E-state index contributed by atoms with van der Waals surface area (Å²) < 4.78 is 6.25. The smallest absolute Gasteiger partial charge is 0.119 e. The summed E-state index contributed by atoms with van der Waals surface area (Å²) in [6.07, 6.45) is 1.82. The molecule has 2 rings (SSSR count). The fourth-order valence-electron chi connectivity index (χ4n) is 1.36. The zero-order valence-electron chi connectivity index (χ0n) is 9.61. The van der Waals surface area contributed by atoms with Crippen molar-refractivity contribution >= 4 is 27.7 Å². The van der Waals surface area contributed by atoms with Crippen LogP contribution >= 0.6 is 27.7 Å². The van der Waals surface area contributed by atoms with Crippen molar-refractivity contribution in [2.45, 2.75) is 16.8 Å². The number of ether oxygens (including phenoxy) is 1. The third kappa shape index (κ3) is 3.01. The zero-order chi connectivity index (χ0) is 12.3. The number of rotatable bonds is 3. The second kappa shape index (κ2) is 5.56. The molecule has 0 bridgehead atoms. The summed E-state index contributed by atoms with van der Waals surface area (Å²) in [5, 5.41) is 0.971. The van der Waals surface area contributed by atoms with E-state index in [1.165, 1.54) is 5.56 Å². The third-order valence-electron chi connectivity index (χ3n) is 2.31. The van der Waals surface area contributed by atoms with E-state index < -0.39 is 0 Å². The van der Waals surface area contributed by atoms with Gasteiger partial charge in [0.2, 0.25) is 0 Å². The molecule has 0 N–H and O–H groups in total. The first-order valence-electron chi connectivity index (χ1n) is 5.13. The number of halogens is 1. The number of pyridine rings is 1. The average Bonchev–Trinajstić information content (AvgIpc) is 2.35. The number of nitrogens with zero attached hydrogens (tertiary/aromatic N) is 1. The van der Waals surface area contributed by atoms with E-state index in [0.29, 0.717) is 0 Å². The van der Waals surface area contributed by atoms with E-state index in [4.69, 9.17) is 4.74 Å². The largest absolute Gasteiger partial charge is 0.497 e. The van der Waals surface area contributed by atoms with Crippen molar-refractivity contribution in [2.75, 3.05) is 7.11 Å². The van der Waals surface area contributed by atoms with E-state index in [2.05, 4.69) is 27.8 Å². The molecule has 1 heterocycles. The van der Waals surface area contributed by atoms with Gasteiger partial charge in [-0.3, -0.25) is 0 Å². The molecule has 4 heteroatoms. The molecule has 0 unspecified atom stereocenters. The number of benzene rings is 1. The maximum Gasteiger partial charge on any atom is 0.119 e. The van der Waals surface area contributed by atoms with Crippen LogP contribution in [0.25, 0.3) is 0 Å². The van der Waals surface area contributed by atoms with Gasteiger partial charge in [-0.05, 0) is 52.7 Å². The van der Waals surface area contributed by atoms with E-state index >= 15 is 0 Å². The minimum absolute atomic E-state index is 0.860. The number of aryl methyl sites for hydroxylation is 1. The highest BCUT2D eigenvalue weighted by Crippen LogP contribution is 2.34. The van der Waals surface area contributed by atoms with Crippen LogP contribution in [0.1, 0.15) is 5.56 Å². The van der Waals surface area contributed by atoms with Gasteiger partial charge in [-0.25, -0.2) is 4.98 Å². The van der Waals surface area contributed by atoms with Crippen molar-refractivity contribution < 1.29 is 4.74 Å². The normalized spacial score (nSPS) is 10.3. The van der Waals surface area contributed by atoms with Gasteiger partial charge in [0.25, 0.3) is 0 Å². The van der Waals surface area contributed by atoms with Gasteiger partial charge in [0, 0.05) is 11.1 Å². The summed E-state index contributed by atoms with van der Waals surface area (Å²) in [6, 6.07) is 9.94. The summed E-state index contributed by atoms with van der Waals surface area (Å²) in [6.45, 7) is 2.06. The minimum Gasteiger partial charge on any atom is -0.497 e. The molecule has 0 radical (unpaired) electrons. The third-order valence-corrected chi connectivity index (χ3v) is 4.56. The Labute approximate surface area is 114 Å². The monoisotopic (exact) mass is 309 g/mol. The summed E-state index contributed by atoms with van der Waals surface area (Å²) in [5.41, 5.74) is 1.19. The lowest BCUT2D eigenvalue weighted by Gasteiger charge is -2.06. The Morgan fingerprint density at radius 2 is 2.12 bits per heavy atom. The van der Waals surface area contributed by atoms with Crippen molar-refractivity contribution in [1.82, 2.24) is 4.98 Å². The molecule has 2 aromatic rings. The van der Waals surface area contributed by atoms with Crippen LogP contribution in [0, 0.1) is 6.92 Å². The molecule has 17 heavy (non-hydrogen) atoms. The van der Waals surface area contributed by atoms with Gasteiger partial charge >= 0.3 is 0 Å². The summed E-state index contributed by atoms with van der Waals surface area (Å²) in [4.78, 5) is 5.48. The number of methoxy groups -OCH3 is 1. The van der Waals surface area contributed by atoms with Crippen LogP contribution in [-0.4, -0.2) is 12.1 Å². The lowest BCUT2D eigenvalue weighted by Crippen LogP contribution is -1.86. The van der Waals surface area contributed by atoms with Crippen molar-refractivity contribution in [2.24, 2.45) is 0 Å². The first kappa shape index (κ1) is 12.5. The van der Waals surface area contributed by atoms with E-state index in [9.17, 15) is 0 Å². The molecular formula is C13H12BrNOS. The Bertz CT molecular complexity index is 531. The van der Waals surface area contributed by atoms with Crippen LogP contribution in [0.2, 0.25) is 0 Å². The summed E-state index contributed by atoms with van der Waals surface area (Å²) >= 11 is 5.18. The maximum atomic E-state index is 5.20. The molecule has 88 valence electrons. The highest BCUT2D eigenvalue weighted by Gasteiger charge is 2.06. The average molecular weight is 310 g/mol. The van der Waals surface area contributed by atoms with Crippen LogP contribution in [-0.2, 0) is 0 Å². The van der Waals surface area contributed by atoms with Gasteiger partial charge in [0.05, 0.1) is 11.6 Å². The number of aromatic nitrogens is 1. The molecule has 0 fully saturated rings. The van der Waals surface area contributed by atoms with Crippen LogP contribution < -0.4 is 4.74 Å². The van der Waals surface area contributed by atoms with Crippen molar-refractivity contribution in [3.63, 3.8) is 0 Å². The second-order valence-corrected chi connectivity index (χ2v) is 5.38. The Hall–Kier alpha value is -1.00. The Balaban J connectivity index is 2.28. The van der Waals surface area contributed by atoms with E-state index in [1.807, 2.05) is 36.5 Å². The lowest BCUT2D eigenvalue weighted by molar-refractivity contribution is 0.413. The van der Waals surface area contributed by atoms with Gasteiger partial charge in [-0.2, -0.15) is 0 Å². The molecule has 1 aromatic carbocycles. The molecular weight excluding hydrogens is 298 g/mol. The molecule has 0 aliphatic rings. The van der Waals surface area contributed by atoms with E-state index in [-0.39, 0.29) is 0 Å². The van der Waals surface area contributed by atoms with Gasteiger partial charge in [-0.1, -0.05) is 17.8 Å². The molecule has 0 saturated carbocycles. The molecule has 0 aliphatic carbocycles. The fraction of sp³-hybridized carbons (Fsp3) is 0.154. The predicted molar refractivity (Wildman–Crippen MR) is 73.8 cm³/mol. The maximum absolute atomic E-state index is 5.20. The molecule has 1 aromatic heterocycles. The quantitative estimate of drug-likeness (QED) is 0.843. The van der Waals surface area contributed by atoms with E-state index in [1.54, 1.807) is 18.9 Å². The summed E-state index contributed by atoms with van der Waals surface area (Å²) in [7, 11) is 1.67. The molecule has 0 saturated heterocycles. The Kier molecular flexibility index (Phi) is 4.07. The SMILES string of the molecule is COc1cccc(Sc2nccc(C)c2Br)c1. The molecule has 0 atom stereocenters. The van der Waals surface area contributed by atoms with E-state index in [0.717, 1.165) is 20.1 Å². The Morgan fingerprint density at radius 3 is 2.88 bits per heavy atom. The van der Waals surface area contributed by atoms with Crippen LogP contribution in [0.3, 0.4) is 0 Å². The van der Waals surface area contributed by atoms with Crippen molar-refractivity contribution in [3.8, 4) is 5.75 Å². The number of hydrogen-bond acceptors (Lipinski definition) is 3. The first-order valence-corrected chi connectivity index (χ1v) is 6.74. The van der Waals surface area contributed by atoms with Crippen molar-refractivity contribution in [3.05, 3.63) is 46.6 Å². The van der Waals surface area contributed by atoms with Crippen molar-refractivity contribution in [1.29, 1.82) is 0 Å². The van der Waals surface area contributed by atoms with Gasteiger partial charge in [-0.15, -0.1) is 0 Å². The van der Waals surface area contributed by atoms with Gasteiger partial charge in [0.15, 0.2) is 0 Å². The molecule has 2 nitrogen and oxygen atoms in total. The minimum atomic E-state index is 0.860. The van der Waals surface area contributed by atoms with Gasteiger partial charge in [0.1, 0.15) is 10.8 Å². The zero-order valence-corrected chi connectivity index (χ0v) is 12.0. The Morgan fingerprint density at radius 1 is 1.29 bits per heavy atom. The topological polar surface area (TPSA) is 22.1 Å². The standard InChI is InChI=1S/C13H12BrNOS/c1-9-6-7-15-13(12(9)14)17-11-5-3-4-10(8-11)16-2/h3-8H,1-2H3. The van der Waals surface area contributed by atoms with Crippen LogP contribution in [0.5, 0.6) is 5.75 Å². The second-order valence-electron chi connectivity index (χ2n) is 3.53. The highest BCUT2D eigenvalue weighted by atomic mass is 79.9.